The van der Waals surface area contributed by atoms with Crippen molar-refractivity contribution in [2.45, 2.75) is 20.4 Å². The van der Waals surface area contributed by atoms with Gasteiger partial charge in [-0.3, -0.25) is 0 Å². The van der Waals surface area contributed by atoms with Crippen molar-refractivity contribution in [3.8, 4) is 16.3 Å². The molecule has 17 heavy (non-hydrogen) atoms. The quantitative estimate of drug-likeness (QED) is 0.906. The maximum atomic E-state index is 5.54. The van der Waals surface area contributed by atoms with Crippen LogP contribution >= 0.6 is 11.3 Å². The summed E-state index contributed by atoms with van der Waals surface area (Å²) in [4.78, 5) is 0. The molecule has 0 radical (unpaired) electrons. The summed E-state index contributed by atoms with van der Waals surface area (Å²) in [6, 6.07) is 4.10. The van der Waals surface area contributed by atoms with E-state index in [9.17, 15) is 0 Å². The summed E-state index contributed by atoms with van der Waals surface area (Å²) in [7, 11) is 1.67. The molecule has 90 valence electrons. The van der Waals surface area contributed by atoms with Crippen molar-refractivity contribution < 1.29 is 4.74 Å². The summed E-state index contributed by atoms with van der Waals surface area (Å²) in [6.45, 7) is 4.56. The SMILES string of the molecule is COc1cc(C)c(C)cc1-c1nnc(CN)s1. The normalized spacial score (nSPS) is 10.6. The fourth-order valence-corrected chi connectivity index (χ4v) is 2.31. The third-order valence-electron chi connectivity index (χ3n) is 2.69. The molecule has 0 saturated carbocycles. The van der Waals surface area contributed by atoms with Crippen LogP contribution in [0, 0.1) is 13.8 Å². The molecule has 0 unspecified atom stereocenters. The van der Waals surface area contributed by atoms with Crippen LogP contribution in [0.4, 0.5) is 0 Å². The van der Waals surface area contributed by atoms with Gasteiger partial charge in [-0.15, -0.1) is 10.2 Å². The Labute approximate surface area is 104 Å². The zero-order chi connectivity index (χ0) is 12.4. The van der Waals surface area contributed by atoms with Gasteiger partial charge < -0.3 is 10.5 Å². The second-order valence-corrected chi connectivity index (χ2v) is 4.90. The average molecular weight is 249 g/mol. The minimum atomic E-state index is 0.421. The third kappa shape index (κ3) is 2.30. The zero-order valence-corrected chi connectivity index (χ0v) is 11.0. The molecule has 4 nitrogen and oxygen atoms in total. The molecule has 1 aromatic heterocycles. The van der Waals surface area contributed by atoms with E-state index in [0.717, 1.165) is 21.3 Å². The molecule has 1 heterocycles. The topological polar surface area (TPSA) is 61.0 Å². The van der Waals surface area contributed by atoms with Gasteiger partial charge in [-0.25, -0.2) is 0 Å². The van der Waals surface area contributed by atoms with E-state index in [1.54, 1.807) is 7.11 Å². The molecule has 2 rings (SSSR count). The molecule has 0 spiro atoms. The van der Waals surface area contributed by atoms with E-state index in [1.807, 2.05) is 6.07 Å². The molecule has 5 heteroatoms. The van der Waals surface area contributed by atoms with Crippen molar-refractivity contribution in [1.29, 1.82) is 0 Å². The van der Waals surface area contributed by atoms with E-state index < -0.39 is 0 Å². The van der Waals surface area contributed by atoms with Crippen molar-refractivity contribution in [1.82, 2.24) is 10.2 Å². The van der Waals surface area contributed by atoms with Gasteiger partial charge in [-0.1, -0.05) is 11.3 Å². The van der Waals surface area contributed by atoms with Gasteiger partial charge in [0, 0.05) is 6.54 Å². The van der Waals surface area contributed by atoms with Crippen LogP contribution in [0.15, 0.2) is 12.1 Å². The van der Waals surface area contributed by atoms with Crippen LogP contribution in [-0.4, -0.2) is 17.3 Å². The lowest BCUT2D eigenvalue weighted by Crippen LogP contribution is -1.94. The predicted molar refractivity (Wildman–Crippen MR) is 69.3 cm³/mol. The third-order valence-corrected chi connectivity index (χ3v) is 3.67. The first-order valence-corrected chi connectivity index (χ1v) is 6.15. The summed E-state index contributed by atoms with van der Waals surface area (Å²) < 4.78 is 5.39. The van der Waals surface area contributed by atoms with Gasteiger partial charge in [0.25, 0.3) is 0 Å². The van der Waals surface area contributed by atoms with Gasteiger partial charge in [0.15, 0.2) is 5.01 Å². The summed E-state index contributed by atoms with van der Waals surface area (Å²) in [6.07, 6.45) is 0. The van der Waals surface area contributed by atoms with Gasteiger partial charge in [0.05, 0.1) is 12.7 Å². The number of aryl methyl sites for hydroxylation is 2. The first kappa shape index (κ1) is 12.0. The highest BCUT2D eigenvalue weighted by atomic mass is 32.1. The van der Waals surface area contributed by atoms with E-state index >= 15 is 0 Å². The Morgan fingerprint density at radius 3 is 2.53 bits per heavy atom. The second-order valence-electron chi connectivity index (χ2n) is 3.84. The Balaban J connectivity index is 2.53. The number of ether oxygens (including phenoxy) is 1. The molecule has 0 bridgehead atoms. The average Bonchev–Trinajstić information content (AvgIpc) is 2.80. The van der Waals surface area contributed by atoms with Crippen molar-refractivity contribution >= 4 is 11.3 Å². The lowest BCUT2D eigenvalue weighted by Gasteiger charge is -2.09. The zero-order valence-electron chi connectivity index (χ0n) is 10.2. The Morgan fingerprint density at radius 2 is 1.94 bits per heavy atom. The lowest BCUT2D eigenvalue weighted by atomic mass is 10.1. The van der Waals surface area contributed by atoms with Gasteiger partial charge in [-0.05, 0) is 37.1 Å². The van der Waals surface area contributed by atoms with Crippen LogP contribution in [0.5, 0.6) is 5.75 Å². The second kappa shape index (κ2) is 4.81. The number of nitrogens with two attached hydrogens (primary N) is 1. The largest absolute Gasteiger partial charge is 0.496 e. The minimum Gasteiger partial charge on any atom is -0.496 e. The molecule has 0 aliphatic rings. The molecular weight excluding hydrogens is 234 g/mol. The van der Waals surface area contributed by atoms with Crippen molar-refractivity contribution in [3.63, 3.8) is 0 Å². The molecule has 1 aromatic carbocycles. The van der Waals surface area contributed by atoms with Gasteiger partial charge >= 0.3 is 0 Å². The van der Waals surface area contributed by atoms with Gasteiger partial charge in [-0.2, -0.15) is 0 Å². The number of hydrogen-bond acceptors (Lipinski definition) is 5. The maximum Gasteiger partial charge on any atom is 0.151 e. The molecule has 0 saturated heterocycles. The number of aromatic nitrogens is 2. The highest BCUT2D eigenvalue weighted by Crippen LogP contribution is 2.34. The molecule has 2 N–H and O–H groups in total. The van der Waals surface area contributed by atoms with Crippen LogP contribution < -0.4 is 10.5 Å². The fourth-order valence-electron chi connectivity index (χ4n) is 1.57. The number of benzene rings is 1. The van der Waals surface area contributed by atoms with Crippen molar-refractivity contribution in [2.75, 3.05) is 7.11 Å². The van der Waals surface area contributed by atoms with E-state index in [-0.39, 0.29) is 0 Å². The van der Waals surface area contributed by atoms with E-state index in [2.05, 4.69) is 30.1 Å². The summed E-state index contributed by atoms with van der Waals surface area (Å²) in [5.74, 6) is 0.827. The first-order valence-electron chi connectivity index (χ1n) is 5.33. The highest BCUT2D eigenvalue weighted by molar-refractivity contribution is 7.14. The highest BCUT2D eigenvalue weighted by Gasteiger charge is 2.12. The minimum absolute atomic E-state index is 0.421. The monoisotopic (exact) mass is 249 g/mol. The molecule has 0 amide bonds. The summed E-state index contributed by atoms with van der Waals surface area (Å²) in [5.41, 5.74) is 8.94. The van der Waals surface area contributed by atoms with E-state index in [4.69, 9.17) is 10.5 Å². The lowest BCUT2D eigenvalue weighted by molar-refractivity contribution is 0.416. The Bertz CT molecular complexity index is 537. The summed E-state index contributed by atoms with van der Waals surface area (Å²) >= 11 is 1.50. The molecule has 0 aliphatic carbocycles. The molecule has 2 aromatic rings. The number of rotatable bonds is 3. The standard InChI is InChI=1S/C12H15N3OS/c1-7-4-9(10(16-3)5-8(7)2)12-15-14-11(6-13)17-12/h4-5H,6,13H2,1-3H3. The smallest absolute Gasteiger partial charge is 0.151 e. The van der Waals surface area contributed by atoms with E-state index in [0.29, 0.717) is 6.54 Å². The van der Waals surface area contributed by atoms with Crippen molar-refractivity contribution in [2.24, 2.45) is 5.73 Å². The first-order chi connectivity index (χ1) is 8.15. The van der Waals surface area contributed by atoms with Crippen LogP contribution in [0.2, 0.25) is 0 Å². The van der Waals surface area contributed by atoms with E-state index in [1.165, 1.54) is 22.5 Å². The molecule has 0 aliphatic heterocycles. The van der Waals surface area contributed by atoms with Crippen LogP contribution in [0.1, 0.15) is 16.1 Å². The molecular formula is C12H15N3OS. The Hall–Kier alpha value is -1.46. The fraction of sp³-hybridized carbons (Fsp3) is 0.333. The van der Waals surface area contributed by atoms with Crippen molar-refractivity contribution in [3.05, 3.63) is 28.3 Å². The number of nitrogens with zero attached hydrogens (tertiary/aromatic N) is 2. The summed E-state index contributed by atoms with van der Waals surface area (Å²) in [5, 5.41) is 9.86. The van der Waals surface area contributed by atoms with Crippen LogP contribution in [0.3, 0.4) is 0 Å². The Morgan fingerprint density at radius 1 is 1.24 bits per heavy atom. The number of hydrogen-bond donors (Lipinski definition) is 1. The molecule has 0 atom stereocenters. The van der Waals surface area contributed by atoms with Gasteiger partial charge in [0.1, 0.15) is 10.8 Å². The van der Waals surface area contributed by atoms with Gasteiger partial charge in [0.2, 0.25) is 0 Å². The predicted octanol–water partition coefficient (Wildman–Crippen LogP) is 2.29. The van der Waals surface area contributed by atoms with Crippen LogP contribution in [0.25, 0.3) is 10.6 Å². The maximum absolute atomic E-state index is 5.54. The van der Waals surface area contributed by atoms with Crippen LogP contribution in [-0.2, 0) is 6.54 Å². The molecule has 0 fully saturated rings. The Kier molecular flexibility index (Phi) is 3.40. The number of methoxy groups -OCH3 is 1.